The number of aromatic nitrogens is 2. The highest BCUT2D eigenvalue weighted by molar-refractivity contribution is 5.85. The minimum atomic E-state index is -4.73. The Kier molecular flexibility index (Phi) is 11.2. The zero-order chi connectivity index (χ0) is 30.8. The molecule has 2 aliphatic heterocycles. The SMILES string of the molecule is N#Cc1ccc(CCNC(=O)C2CCCN2c2cc(N3CCC(CCCC(=O)NCCN)CC3)nc(C(F)(F)F)n2)cc1. The lowest BCUT2D eigenvalue weighted by molar-refractivity contribution is -0.144. The molecule has 0 saturated carbocycles. The average molecular weight is 601 g/mol. The third-order valence-corrected chi connectivity index (χ3v) is 8.02. The maximum absolute atomic E-state index is 13.9. The lowest BCUT2D eigenvalue weighted by atomic mass is 9.91. The van der Waals surface area contributed by atoms with Crippen LogP contribution in [0.4, 0.5) is 24.8 Å². The summed E-state index contributed by atoms with van der Waals surface area (Å²) in [6.07, 6.45) is 0.653. The fourth-order valence-corrected chi connectivity index (χ4v) is 5.67. The highest BCUT2D eigenvalue weighted by atomic mass is 19.4. The summed E-state index contributed by atoms with van der Waals surface area (Å²) in [5.41, 5.74) is 6.93. The minimum Gasteiger partial charge on any atom is -0.356 e. The second-order valence-corrected chi connectivity index (χ2v) is 11.1. The number of benzene rings is 1. The zero-order valence-corrected chi connectivity index (χ0v) is 24.2. The summed E-state index contributed by atoms with van der Waals surface area (Å²) >= 11 is 0. The number of nitrogens with two attached hydrogens (primary N) is 1. The molecule has 2 amide bonds. The Morgan fingerprint density at radius 1 is 1.02 bits per heavy atom. The molecule has 4 N–H and O–H groups in total. The quantitative estimate of drug-likeness (QED) is 0.338. The van der Waals surface area contributed by atoms with Crippen LogP contribution >= 0.6 is 0 Å². The van der Waals surface area contributed by atoms with Gasteiger partial charge in [-0.05, 0) is 68.6 Å². The molecule has 1 unspecified atom stereocenters. The number of halogens is 3. The van der Waals surface area contributed by atoms with E-state index in [9.17, 15) is 22.8 Å². The molecule has 1 aromatic carbocycles. The average Bonchev–Trinajstić information content (AvgIpc) is 3.50. The highest BCUT2D eigenvalue weighted by Gasteiger charge is 2.38. The van der Waals surface area contributed by atoms with E-state index in [1.165, 1.54) is 0 Å². The summed E-state index contributed by atoms with van der Waals surface area (Å²) in [5, 5.41) is 14.6. The van der Waals surface area contributed by atoms with Crippen molar-refractivity contribution in [3.8, 4) is 6.07 Å². The van der Waals surface area contributed by atoms with Gasteiger partial charge in [0.1, 0.15) is 17.7 Å². The first-order chi connectivity index (χ1) is 20.7. The molecule has 232 valence electrons. The van der Waals surface area contributed by atoms with Crippen LogP contribution in [-0.4, -0.2) is 67.1 Å². The Balaban J connectivity index is 1.37. The van der Waals surface area contributed by atoms with E-state index in [-0.39, 0.29) is 23.5 Å². The van der Waals surface area contributed by atoms with Gasteiger partial charge in [-0.15, -0.1) is 0 Å². The summed E-state index contributed by atoms with van der Waals surface area (Å²) < 4.78 is 41.6. The van der Waals surface area contributed by atoms with E-state index in [0.29, 0.717) is 76.4 Å². The smallest absolute Gasteiger partial charge is 0.356 e. The molecule has 2 fully saturated rings. The molecule has 0 spiro atoms. The number of nitrogens with one attached hydrogen (secondary N) is 2. The third kappa shape index (κ3) is 9.03. The number of nitrogens with zero attached hydrogens (tertiary/aromatic N) is 5. The third-order valence-electron chi connectivity index (χ3n) is 8.02. The van der Waals surface area contributed by atoms with Crippen molar-refractivity contribution in [2.24, 2.45) is 11.7 Å². The molecule has 43 heavy (non-hydrogen) atoms. The van der Waals surface area contributed by atoms with E-state index in [4.69, 9.17) is 11.0 Å². The van der Waals surface area contributed by atoms with E-state index in [2.05, 4.69) is 26.7 Å². The topological polar surface area (TPSA) is 140 Å². The van der Waals surface area contributed by atoms with Gasteiger partial charge in [0.15, 0.2) is 0 Å². The van der Waals surface area contributed by atoms with E-state index in [1.54, 1.807) is 23.1 Å². The molecule has 4 rings (SSSR count). The van der Waals surface area contributed by atoms with Gasteiger partial charge in [0.05, 0.1) is 11.6 Å². The predicted octanol–water partition coefficient (Wildman–Crippen LogP) is 3.16. The first-order valence-corrected chi connectivity index (χ1v) is 14.9. The number of amides is 2. The molecule has 2 saturated heterocycles. The van der Waals surface area contributed by atoms with Gasteiger partial charge in [0.2, 0.25) is 17.6 Å². The van der Waals surface area contributed by atoms with Gasteiger partial charge >= 0.3 is 6.18 Å². The maximum Gasteiger partial charge on any atom is 0.451 e. The predicted molar refractivity (Wildman–Crippen MR) is 156 cm³/mol. The Hall–Kier alpha value is -3.92. The van der Waals surface area contributed by atoms with Crippen molar-refractivity contribution in [2.45, 2.75) is 63.6 Å². The van der Waals surface area contributed by atoms with E-state index in [1.807, 2.05) is 17.0 Å². The monoisotopic (exact) mass is 600 g/mol. The van der Waals surface area contributed by atoms with Crippen LogP contribution in [0.2, 0.25) is 0 Å². The van der Waals surface area contributed by atoms with Crippen molar-refractivity contribution in [3.05, 3.63) is 47.3 Å². The van der Waals surface area contributed by atoms with Crippen LogP contribution in [0, 0.1) is 17.2 Å². The number of piperidine rings is 1. The molecule has 0 bridgehead atoms. The van der Waals surface area contributed by atoms with E-state index >= 15 is 0 Å². The van der Waals surface area contributed by atoms with Crippen molar-refractivity contribution in [3.63, 3.8) is 0 Å². The van der Waals surface area contributed by atoms with Gasteiger partial charge in [0, 0.05) is 51.8 Å². The number of hydrogen-bond donors (Lipinski definition) is 3. The maximum atomic E-state index is 13.9. The van der Waals surface area contributed by atoms with E-state index in [0.717, 1.165) is 31.2 Å². The summed E-state index contributed by atoms with van der Waals surface area (Å²) in [6.45, 7) is 2.75. The molecule has 0 radical (unpaired) electrons. The normalized spacial score (nSPS) is 17.5. The van der Waals surface area contributed by atoms with Crippen LogP contribution in [-0.2, 0) is 22.2 Å². The number of rotatable bonds is 12. The van der Waals surface area contributed by atoms with Crippen LogP contribution < -0.4 is 26.2 Å². The van der Waals surface area contributed by atoms with Crippen LogP contribution in [0.25, 0.3) is 0 Å². The van der Waals surface area contributed by atoms with Crippen molar-refractivity contribution < 1.29 is 22.8 Å². The second-order valence-electron chi connectivity index (χ2n) is 11.1. The van der Waals surface area contributed by atoms with Gasteiger partial charge < -0.3 is 26.2 Å². The van der Waals surface area contributed by atoms with Crippen molar-refractivity contribution >= 4 is 23.5 Å². The number of alkyl halides is 3. The van der Waals surface area contributed by atoms with Crippen molar-refractivity contribution in [1.82, 2.24) is 20.6 Å². The fraction of sp³-hybridized carbons (Fsp3) is 0.567. The Labute approximate surface area is 249 Å². The van der Waals surface area contributed by atoms with Gasteiger partial charge in [-0.2, -0.15) is 18.4 Å². The molecule has 13 heteroatoms. The minimum absolute atomic E-state index is 0.0173. The highest BCUT2D eigenvalue weighted by Crippen LogP contribution is 2.34. The standard InChI is InChI=1S/C30H39F3N8O2/c31-30(32,33)29-38-25(40-17-11-21(12-18-40)3-1-5-27(42)36-15-13-34)19-26(39-29)41-16-2-4-24(41)28(43)37-14-10-22-6-8-23(20-35)9-7-22/h6-9,19,21,24H,1-5,10-18,34H2,(H,36,42)(H,37,43). The molecular formula is C30H39F3N8O2. The molecule has 10 nitrogen and oxygen atoms in total. The molecule has 1 atom stereocenters. The number of hydrogen-bond acceptors (Lipinski definition) is 8. The molecule has 3 heterocycles. The Morgan fingerprint density at radius 2 is 1.74 bits per heavy atom. The number of carbonyl (C=O) groups excluding carboxylic acids is 2. The van der Waals surface area contributed by atoms with Crippen molar-refractivity contribution in [2.75, 3.05) is 49.1 Å². The summed E-state index contributed by atoms with van der Waals surface area (Å²) in [6, 6.07) is 10.1. The van der Waals surface area contributed by atoms with Crippen LogP contribution in [0.3, 0.4) is 0 Å². The van der Waals surface area contributed by atoms with E-state index < -0.39 is 18.0 Å². The molecule has 0 aliphatic carbocycles. The first-order valence-electron chi connectivity index (χ1n) is 14.9. The fourth-order valence-electron chi connectivity index (χ4n) is 5.67. The van der Waals surface area contributed by atoms with Crippen molar-refractivity contribution in [1.29, 1.82) is 5.26 Å². The molecular weight excluding hydrogens is 561 g/mol. The molecule has 2 aliphatic rings. The van der Waals surface area contributed by atoms with Gasteiger partial charge in [-0.3, -0.25) is 9.59 Å². The van der Waals surface area contributed by atoms with Gasteiger partial charge in [-0.25, -0.2) is 9.97 Å². The van der Waals surface area contributed by atoms with Gasteiger partial charge in [-0.1, -0.05) is 12.1 Å². The lowest BCUT2D eigenvalue weighted by Crippen LogP contribution is -2.44. The summed E-state index contributed by atoms with van der Waals surface area (Å²) in [4.78, 5) is 36.2. The van der Waals surface area contributed by atoms with Crippen LogP contribution in [0.15, 0.2) is 30.3 Å². The summed E-state index contributed by atoms with van der Waals surface area (Å²) in [7, 11) is 0. The largest absolute Gasteiger partial charge is 0.451 e. The second kappa shape index (κ2) is 15.0. The lowest BCUT2D eigenvalue weighted by Gasteiger charge is -2.34. The summed E-state index contributed by atoms with van der Waals surface area (Å²) in [5.74, 6) is -0.777. The molecule has 1 aromatic heterocycles. The Morgan fingerprint density at radius 3 is 2.42 bits per heavy atom. The zero-order valence-electron chi connectivity index (χ0n) is 24.2. The number of anilines is 2. The number of nitriles is 1. The van der Waals surface area contributed by atoms with Crippen LogP contribution in [0.1, 0.15) is 61.9 Å². The first kappa shape index (κ1) is 32.0. The Bertz CT molecular complexity index is 1270. The van der Waals surface area contributed by atoms with Crippen LogP contribution in [0.5, 0.6) is 0 Å². The number of carbonyl (C=O) groups is 2. The van der Waals surface area contributed by atoms with Gasteiger partial charge in [0.25, 0.3) is 0 Å². The molecule has 2 aromatic rings.